The van der Waals surface area contributed by atoms with Gasteiger partial charge >= 0.3 is 12.1 Å². The van der Waals surface area contributed by atoms with Crippen LogP contribution in [0.2, 0.25) is 5.15 Å². The number of carbonyl (C=O) groups is 1. The summed E-state index contributed by atoms with van der Waals surface area (Å²) in [4.78, 5) is 10.9. The van der Waals surface area contributed by atoms with Crippen molar-refractivity contribution >= 4 is 17.6 Å². The van der Waals surface area contributed by atoms with Gasteiger partial charge < -0.3 is 5.11 Å². The second-order valence-electron chi connectivity index (χ2n) is 3.73. The van der Waals surface area contributed by atoms with E-state index >= 15 is 0 Å². The highest BCUT2D eigenvalue weighted by molar-refractivity contribution is 6.32. The van der Waals surface area contributed by atoms with Crippen LogP contribution in [0.25, 0.3) is 0 Å². The molecule has 0 amide bonds. The number of alkyl halides is 3. The summed E-state index contributed by atoms with van der Waals surface area (Å²) >= 11 is 5.70. The molecule has 1 rings (SSSR count). The van der Waals surface area contributed by atoms with Crippen LogP contribution in [0.4, 0.5) is 13.2 Å². The Hall–Kier alpha value is -1.24. The average molecular weight is 285 g/mol. The number of hydrogen-bond acceptors (Lipinski definition) is 2. The second-order valence-corrected chi connectivity index (χ2v) is 4.09. The average Bonchev–Trinajstić information content (AvgIpc) is 2.58. The molecule has 0 unspecified atom stereocenters. The van der Waals surface area contributed by atoms with E-state index < -0.39 is 28.6 Å². The fourth-order valence-corrected chi connectivity index (χ4v) is 2.02. The number of carboxylic acid groups (broad SMARTS) is 1. The van der Waals surface area contributed by atoms with Gasteiger partial charge in [0.25, 0.3) is 0 Å². The minimum absolute atomic E-state index is 0.355. The predicted molar refractivity (Wildman–Crippen MR) is 58.8 cm³/mol. The van der Waals surface area contributed by atoms with Gasteiger partial charge in [0.1, 0.15) is 10.7 Å². The Kier molecular flexibility index (Phi) is 4.26. The first-order valence-corrected chi connectivity index (χ1v) is 5.70. The number of aromatic carboxylic acids is 1. The van der Waals surface area contributed by atoms with E-state index in [0.29, 0.717) is 12.8 Å². The molecule has 0 spiro atoms. The maximum absolute atomic E-state index is 12.7. The molecule has 0 aliphatic carbocycles. The zero-order chi connectivity index (χ0) is 14.1. The first-order chi connectivity index (χ1) is 8.23. The topological polar surface area (TPSA) is 55.1 Å². The van der Waals surface area contributed by atoms with Gasteiger partial charge in [0.05, 0.1) is 6.04 Å². The first kappa shape index (κ1) is 14.8. The number of nitrogens with zero attached hydrogens (tertiary/aromatic N) is 2. The molecule has 1 aromatic rings. The van der Waals surface area contributed by atoms with Crippen molar-refractivity contribution in [2.45, 2.75) is 38.9 Å². The van der Waals surface area contributed by atoms with E-state index in [0.717, 1.165) is 4.68 Å². The summed E-state index contributed by atoms with van der Waals surface area (Å²) in [5.41, 5.74) is -2.44. The largest absolute Gasteiger partial charge is 0.478 e. The number of hydrogen-bond donors (Lipinski definition) is 1. The van der Waals surface area contributed by atoms with Gasteiger partial charge in [-0.1, -0.05) is 25.4 Å². The van der Waals surface area contributed by atoms with Crippen LogP contribution in [0, 0.1) is 0 Å². The molecule has 0 radical (unpaired) electrons. The third kappa shape index (κ3) is 2.60. The summed E-state index contributed by atoms with van der Waals surface area (Å²) in [6, 6.07) is -0.355. The molecule has 1 N–H and O–H groups in total. The van der Waals surface area contributed by atoms with Crippen molar-refractivity contribution in [2.24, 2.45) is 0 Å². The smallest absolute Gasteiger partial charge is 0.436 e. The SMILES string of the molecule is CCC(CC)n1nc(C(F)(F)F)c(C(=O)O)c1Cl. The molecule has 0 fully saturated rings. The standard InChI is InChI=1S/C10H12ClF3N2O2/c1-3-5(4-2)16-8(11)6(9(17)18)7(15-16)10(12,13)14/h5H,3-4H2,1-2H3,(H,17,18). The normalized spacial score (nSPS) is 12.2. The molecule has 0 aromatic carbocycles. The Morgan fingerprint density at radius 3 is 2.22 bits per heavy atom. The summed E-state index contributed by atoms with van der Waals surface area (Å²) in [5, 5.41) is 11.7. The Bertz CT molecular complexity index is 453. The van der Waals surface area contributed by atoms with E-state index in [1.165, 1.54) is 0 Å². The number of aromatic nitrogens is 2. The third-order valence-corrected chi connectivity index (χ3v) is 2.98. The van der Waals surface area contributed by atoms with E-state index in [1.807, 2.05) is 0 Å². The van der Waals surface area contributed by atoms with E-state index in [1.54, 1.807) is 13.8 Å². The molecule has 1 heterocycles. The van der Waals surface area contributed by atoms with Gasteiger partial charge in [-0.2, -0.15) is 18.3 Å². The number of carboxylic acids is 1. The van der Waals surface area contributed by atoms with Crippen molar-refractivity contribution in [1.29, 1.82) is 0 Å². The highest BCUT2D eigenvalue weighted by Gasteiger charge is 2.42. The molecule has 4 nitrogen and oxygen atoms in total. The van der Waals surface area contributed by atoms with Gasteiger partial charge in [0.15, 0.2) is 5.69 Å². The fourth-order valence-electron chi connectivity index (χ4n) is 1.68. The molecule has 0 bridgehead atoms. The van der Waals surface area contributed by atoms with Crippen LogP contribution in [0.15, 0.2) is 0 Å². The summed E-state index contributed by atoms with van der Waals surface area (Å²) in [7, 11) is 0. The van der Waals surface area contributed by atoms with Crippen molar-refractivity contribution in [3.8, 4) is 0 Å². The van der Waals surface area contributed by atoms with Gasteiger partial charge in [0, 0.05) is 0 Å². The zero-order valence-electron chi connectivity index (χ0n) is 9.75. The van der Waals surface area contributed by atoms with Crippen molar-refractivity contribution < 1.29 is 23.1 Å². The van der Waals surface area contributed by atoms with Gasteiger partial charge in [-0.05, 0) is 12.8 Å². The number of halogens is 4. The van der Waals surface area contributed by atoms with Crippen LogP contribution in [-0.4, -0.2) is 20.9 Å². The molecule has 0 saturated heterocycles. The molecular formula is C10H12ClF3N2O2. The maximum Gasteiger partial charge on any atom is 0.436 e. The Balaban J connectivity index is 3.46. The molecule has 8 heteroatoms. The van der Waals surface area contributed by atoms with Crippen molar-refractivity contribution in [3.05, 3.63) is 16.4 Å². The van der Waals surface area contributed by atoms with E-state index in [9.17, 15) is 18.0 Å². The lowest BCUT2D eigenvalue weighted by Crippen LogP contribution is -2.13. The highest BCUT2D eigenvalue weighted by Crippen LogP contribution is 2.36. The molecule has 0 atom stereocenters. The van der Waals surface area contributed by atoms with Crippen LogP contribution in [0.3, 0.4) is 0 Å². The molecular weight excluding hydrogens is 273 g/mol. The molecule has 1 aromatic heterocycles. The maximum atomic E-state index is 12.7. The van der Waals surface area contributed by atoms with Crippen LogP contribution < -0.4 is 0 Å². The Morgan fingerprint density at radius 2 is 1.94 bits per heavy atom. The second kappa shape index (κ2) is 5.17. The Labute approximate surface area is 106 Å². The van der Waals surface area contributed by atoms with Crippen LogP contribution in [0.5, 0.6) is 0 Å². The lowest BCUT2D eigenvalue weighted by atomic mass is 10.2. The number of rotatable bonds is 4. The quantitative estimate of drug-likeness (QED) is 0.919. The van der Waals surface area contributed by atoms with Crippen molar-refractivity contribution in [1.82, 2.24) is 9.78 Å². The summed E-state index contributed by atoms with van der Waals surface area (Å²) in [6.07, 6.45) is -3.82. The van der Waals surface area contributed by atoms with Crippen LogP contribution in [-0.2, 0) is 6.18 Å². The summed E-state index contributed by atoms with van der Waals surface area (Å²) < 4.78 is 39.0. The monoisotopic (exact) mass is 284 g/mol. The van der Waals surface area contributed by atoms with Gasteiger partial charge in [0.2, 0.25) is 0 Å². The summed E-state index contributed by atoms with van der Waals surface area (Å²) in [6.45, 7) is 3.53. The predicted octanol–water partition coefficient (Wildman–Crippen LogP) is 3.61. The lowest BCUT2D eigenvalue weighted by molar-refractivity contribution is -0.142. The van der Waals surface area contributed by atoms with E-state index in [-0.39, 0.29) is 6.04 Å². The summed E-state index contributed by atoms with van der Waals surface area (Å²) in [5.74, 6) is -1.73. The van der Waals surface area contributed by atoms with Crippen molar-refractivity contribution in [3.63, 3.8) is 0 Å². The molecule has 102 valence electrons. The van der Waals surface area contributed by atoms with Gasteiger partial charge in [-0.15, -0.1) is 0 Å². The molecule has 0 saturated carbocycles. The third-order valence-electron chi connectivity index (χ3n) is 2.62. The fraction of sp³-hybridized carbons (Fsp3) is 0.600. The molecule has 0 aliphatic heterocycles. The molecule has 18 heavy (non-hydrogen) atoms. The molecule has 0 aliphatic rings. The minimum atomic E-state index is -4.84. The zero-order valence-corrected chi connectivity index (χ0v) is 10.5. The van der Waals surface area contributed by atoms with Crippen molar-refractivity contribution in [2.75, 3.05) is 0 Å². The first-order valence-electron chi connectivity index (χ1n) is 5.32. The van der Waals surface area contributed by atoms with E-state index in [2.05, 4.69) is 5.10 Å². The van der Waals surface area contributed by atoms with E-state index in [4.69, 9.17) is 16.7 Å². The Morgan fingerprint density at radius 1 is 1.44 bits per heavy atom. The van der Waals surface area contributed by atoms with Crippen LogP contribution in [0.1, 0.15) is 48.8 Å². The highest BCUT2D eigenvalue weighted by atomic mass is 35.5. The van der Waals surface area contributed by atoms with Crippen LogP contribution >= 0.6 is 11.6 Å². The minimum Gasteiger partial charge on any atom is -0.478 e. The van der Waals surface area contributed by atoms with Gasteiger partial charge in [-0.3, -0.25) is 0 Å². The lowest BCUT2D eigenvalue weighted by Gasteiger charge is -2.13. The van der Waals surface area contributed by atoms with Gasteiger partial charge in [-0.25, -0.2) is 9.48 Å².